The molecular weight excluding hydrogens is 364 g/mol. The number of carbonyl (C=O) groups excluding carboxylic acids is 1. The summed E-state index contributed by atoms with van der Waals surface area (Å²) in [5, 5.41) is 8.44. The Kier molecular flexibility index (Phi) is 6.49. The van der Waals surface area contributed by atoms with Gasteiger partial charge in [0.25, 0.3) is 0 Å². The van der Waals surface area contributed by atoms with Crippen molar-refractivity contribution in [3.05, 3.63) is 66.1 Å². The fraction of sp³-hybridized carbons (Fsp3) is 0.250. The molecule has 0 saturated heterocycles. The van der Waals surface area contributed by atoms with E-state index in [0.29, 0.717) is 29.7 Å². The third kappa shape index (κ3) is 5.34. The van der Waals surface area contributed by atoms with E-state index >= 15 is 0 Å². The Morgan fingerprint density at radius 2 is 1.85 bits per heavy atom. The Hall–Kier alpha value is -2.80. The van der Waals surface area contributed by atoms with E-state index in [1.807, 2.05) is 30.3 Å². The minimum Gasteiger partial charge on any atom is -0.492 e. The molecule has 3 rings (SSSR count). The monoisotopic (exact) mass is 384 g/mol. The van der Waals surface area contributed by atoms with E-state index in [2.05, 4.69) is 21.9 Å². The number of ether oxygens (including phenoxy) is 2. The summed E-state index contributed by atoms with van der Waals surface area (Å²) in [6, 6.07) is 16.6. The van der Waals surface area contributed by atoms with Crippen LogP contribution >= 0.6 is 11.8 Å². The van der Waals surface area contributed by atoms with Crippen LogP contribution in [-0.4, -0.2) is 35.1 Å². The standard InChI is InChI=1S/C20H20N2O4S/c1-14(12-25-17-6-4-3-5-7-17)27-13-18-21-22-19(26-18)15-8-10-16(11-9-15)20(23)24-2/h3-11,14H,12-13H2,1-2H3. The van der Waals surface area contributed by atoms with Gasteiger partial charge in [0.15, 0.2) is 0 Å². The molecule has 0 radical (unpaired) electrons. The highest BCUT2D eigenvalue weighted by Crippen LogP contribution is 2.23. The SMILES string of the molecule is COC(=O)c1ccc(-c2nnc(CSC(C)COc3ccccc3)o2)cc1. The lowest BCUT2D eigenvalue weighted by Gasteiger charge is -2.11. The predicted molar refractivity (Wildman–Crippen MR) is 104 cm³/mol. The van der Waals surface area contributed by atoms with Crippen LogP contribution in [0.25, 0.3) is 11.5 Å². The highest BCUT2D eigenvalue weighted by atomic mass is 32.2. The third-order valence-electron chi connectivity index (χ3n) is 3.74. The maximum atomic E-state index is 11.5. The van der Waals surface area contributed by atoms with E-state index in [4.69, 9.17) is 9.15 Å². The van der Waals surface area contributed by atoms with Crippen LogP contribution in [0.15, 0.2) is 59.0 Å². The van der Waals surface area contributed by atoms with Crippen molar-refractivity contribution in [3.8, 4) is 17.2 Å². The second-order valence-corrected chi connectivity index (χ2v) is 7.24. The number of nitrogens with zero attached hydrogens (tertiary/aromatic N) is 2. The normalized spacial score (nSPS) is 11.8. The van der Waals surface area contributed by atoms with Crippen LogP contribution in [0.5, 0.6) is 5.75 Å². The molecule has 0 amide bonds. The molecule has 0 aliphatic carbocycles. The number of hydrogen-bond donors (Lipinski definition) is 0. The van der Waals surface area contributed by atoms with E-state index in [1.165, 1.54) is 7.11 Å². The number of rotatable bonds is 8. The van der Waals surface area contributed by atoms with Crippen molar-refractivity contribution >= 4 is 17.7 Å². The number of thioether (sulfide) groups is 1. The van der Waals surface area contributed by atoms with Crippen molar-refractivity contribution in [1.29, 1.82) is 0 Å². The average molecular weight is 384 g/mol. The Bertz CT molecular complexity index is 865. The molecule has 0 aliphatic rings. The van der Waals surface area contributed by atoms with Gasteiger partial charge in [0.05, 0.1) is 25.0 Å². The lowest BCUT2D eigenvalue weighted by atomic mass is 10.1. The first-order valence-corrected chi connectivity index (χ1v) is 9.51. The minimum atomic E-state index is -0.379. The van der Waals surface area contributed by atoms with Crippen LogP contribution in [0.1, 0.15) is 23.2 Å². The molecule has 3 aromatic rings. The van der Waals surface area contributed by atoms with E-state index in [1.54, 1.807) is 36.0 Å². The van der Waals surface area contributed by atoms with Gasteiger partial charge >= 0.3 is 5.97 Å². The van der Waals surface area contributed by atoms with Crippen LogP contribution in [0, 0.1) is 0 Å². The molecule has 0 N–H and O–H groups in total. The molecule has 2 aromatic carbocycles. The first-order chi connectivity index (χ1) is 13.2. The topological polar surface area (TPSA) is 74.5 Å². The lowest BCUT2D eigenvalue weighted by molar-refractivity contribution is 0.0600. The first kappa shape index (κ1) is 19.0. The molecular formula is C20H20N2O4S. The van der Waals surface area contributed by atoms with Crippen LogP contribution in [-0.2, 0) is 10.5 Å². The van der Waals surface area contributed by atoms with Crippen molar-refractivity contribution in [2.45, 2.75) is 17.9 Å². The number of benzene rings is 2. The van der Waals surface area contributed by atoms with Crippen molar-refractivity contribution in [1.82, 2.24) is 10.2 Å². The lowest BCUT2D eigenvalue weighted by Crippen LogP contribution is -2.10. The molecule has 0 bridgehead atoms. The Morgan fingerprint density at radius 3 is 2.56 bits per heavy atom. The fourth-order valence-electron chi connectivity index (χ4n) is 2.29. The first-order valence-electron chi connectivity index (χ1n) is 8.46. The van der Waals surface area contributed by atoms with Gasteiger partial charge in [0.2, 0.25) is 11.8 Å². The van der Waals surface area contributed by atoms with Crippen LogP contribution < -0.4 is 4.74 Å². The third-order valence-corrected chi connectivity index (χ3v) is 4.86. The van der Waals surface area contributed by atoms with Gasteiger partial charge in [-0.2, -0.15) is 0 Å². The summed E-state index contributed by atoms with van der Waals surface area (Å²) in [5.74, 6) is 2.07. The van der Waals surface area contributed by atoms with Gasteiger partial charge < -0.3 is 13.9 Å². The number of para-hydroxylation sites is 1. The molecule has 1 heterocycles. The van der Waals surface area contributed by atoms with Crippen LogP contribution in [0.4, 0.5) is 0 Å². The van der Waals surface area contributed by atoms with Gasteiger partial charge in [-0.15, -0.1) is 22.0 Å². The summed E-state index contributed by atoms with van der Waals surface area (Å²) in [5.41, 5.74) is 1.23. The van der Waals surface area contributed by atoms with Crippen molar-refractivity contribution < 1.29 is 18.7 Å². The van der Waals surface area contributed by atoms with Gasteiger partial charge in [0.1, 0.15) is 5.75 Å². The van der Waals surface area contributed by atoms with E-state index in [-0.39, 0.29) is 11.2 Å². The molecule has 0 saturated carbocycles. The Labute approximate surface area is 161 Å². The summed E-state index contributed by atoms with van der Waals surface area (Å²) >= 11 is 1.68. The van der Waals surface area contributed by atoms with Gasteiger partial charge in [0, 0.05) is 10.8 Å². The Balaban J connectivity index is 1.51. The molecule has 7 heteroatoms. The zero-order valence-corrected chi connectivity index (χ0v) is 15.9. The van der Waals surface area contributed by atoms with E-state index in [9.17, 15) is 4.79 Å². The molecule has 0 spiro atoms. The average Bonchev–Trinajstić information content (AvgIpc) is 3.20. The summed E-state index contributed by atoms with van der Waals surface area (Å²) in [6.45, 7) is 2.70. The second kappa shape index (κ2) is 9.23. The number of hydrogen-bond acceptors (Lipinski definition) is 7. The highest BCUT2D eigenvalue weighted by Gasteiger charge is 2.12. The van der Waals surface area contributed by atoms with Gasteiger partial charge in [-0.25, -0.2) is 4.79 Å². The molecule has 0 fully saturated rings. The zero-order chi connectivity index (χ0) is 19.1. The van der Waals surface area contributed by atoms with Gasteiger partial charge in [-0.3, -0.25) is 0 Å². The number of methoxy groups -OCH3 is 1. The summed E-state index contributed by atoms with van der Waals surface area (Å²) < 4.78 is 16.1. The fourth-order valence-corrected chi connectivity index (χ4v) is 3.00. The second-order valence-electron chi connectivity index (χ2n) is 5.82. The quantitative estimate of drug-likeness (QED) is 0.538. The van der Waals surface area contributed by atoms with Crippen LogP contribution in [0.2, 0.25) is 0 Å². The summed E-state index contributed by atoms with van der Waals surface area (Å²) in [7, 11) is 1.35. The Morgan fingerprint density at radius 1 is 1.11 bits per heavy atom. The molecule has 1 unspecified atom stereocenters. The van der Waals surface area contributed by atoms with Crippen molar-refractivity contribution in [2.75, 3.05) is 13.7 Å². The maximum absolute atomic E-state index is 11.5. The maximum Gasteiger partial charge on any atom is 0.337 e. The van der Waals surface area contributed by atoms with Gasteiger partial charge in [-0.05, 0) is 43.3 Å². The number of carbonyl (C=O) groups is 1. The molecule has 1 aromatic heterocycles. The zero-order valence-electron chi connectivity index (χ0n) is 15.1. The minimum absolute atomic E-state index is 0.278. The molecule has 6 nitrogen and oxygen atoms in total. The molecule has 27 heavy (non-hydrogen) atoms. The highest BCUT2D eigenvalue weighted by molar-refractivity contribution is 7.99. The van der Waals surface area contributed by atoms with Crippen molar-refractivity contribution in [2.24, 2.45) is 0 Å². The molecule has 1 atom stereocenters. The van der Waals surface area contributed by atoms with E-state index in [0.717, 1.165) is 11.3 Å². The predicted octanol–water partition coefficient (Wildman–Crippen LogP) is 4.22. The summed E-state index contributed by atoms with van der Waals surface area (Å²) in [4.78, 5) is 11.5. The van der Waals surface area contributed by atoms with E-state index < -0.39 is 0 Å². The largest absolute Gasteiger partial charge is 0.492 e. The van der Waals surface area contributed by atoms with Crippen molar-refractivity contribution in [3.63, 3.8) is 0 Å². The number of aromatic nitrogens is 2. The number of esters is 1. The molecule has 0 aliphatic heterocycles. The molecule has 140 valence electrons. The van der Waals surface area contributed by atoms with Crippen LogP contribution in [0.3, 0.4) is 0 Å². The smallest absolute Gasteiger partial charge is 0.337 e. The summed E-state index contributed by atoms with van der Waals surface area (Å²) in [6.07, 6.45) is 0. The van der Waals surface area contributed by atoms with Gasteiger partial charge in [-0.1, -0.05) is 18.2 Å².